The van der Waals surface area contributed by atoms with E-state index in [4.69, 9.17) is 4.74 Å². The minimum atomic E-state index is -0.111. The molecular weight excluding hydrogens is 250 g/mol. The smallest absolute Gasteiger partial charge is 0.409 e. The quantitative estimate of drug-likeness (QED) is 0.425. The van der Waals surface area contributed by atoms with E-state index in [1.807, 2.05) is 4.90 Å². The van der Waals surface area contributed by atoms with Crippen LogP contribution in [0.4, 0.5) is 4.79 Å². The van der Waals surface area contributed by atoms with E-state index >= 15 is 0 Å². The fraction of sp³-hybridized carbons (Fsp3) is 0.941. The fourth-order valence-corrected chi connectivity index (χ4v) is 2.13. The number of hydrogen-bond donors (Lipinski definition) is 0. The van der Waals surface area contributed by atoms with Gasteiger partial charge in [0.05, 0.1) is 6.61 Å². The number of amides is 1. The van der Waals surface area contributed by atoms with Crippen molar-refractivity contribution in [1.29, 1.82) is 0 Å². The number of rotatable bonds is 13. The summed E-state index contributed by atoms with van der Waals surface area (Å²) in [6.45, 7) is 8.79. The van der Waals surface area contributed by atoms with Gasteiger partial charge in [-0.05, 0) is 19.3 Å². The zero-order valence-electron chi connectivity index (χ0n) is 14.0. The normalized spacial score (nSPS) is 10.6. The maximum atomic E-state index is 12.0. The molecule has 0 aliphatic rings. The molecule has 3 heteroatoms. The van der Waals surface area contributed by atoms with Gasteiger partial charge in [-0.2, -0.15) is 0 Å². The Morgan fingerprint density at radius 2 is 1.25 bits per heavy atom. The van der Waals surface area contributed by atoms with E-state index < -0.39 is 0 Å². The molecule has 0 aromatic carbocycles. The van der Waals surface area contributed by atoms with Crippen molar-refractivity contribution in [1.82, 2.24) is 4.90 Å². The summed E-state index contributed by atoms with van der Waals surface area (Å²) in [7, 11) is 0. The highest BCUT2D eigenvalue weighted by Crippen LogP contribution is 2.06. The lowest BCUT2D eigenvalue weighted by Crippen LogP contribution is -2.33. The third-order valence-corrected chi connectivity index (χ3v) is 3.54. The summed E-state index contributed by atoms with van der Waals surface area (Å²) >= 11 is 0. The maximum absolute atomic E-state index is 12.0. The molecule has 120 valence electrons. The molecule has 3 nitrogen and oxygen atoms in total. The van der Waals surface area contributed by atoms with Crippen molar-refractivity contribution < 1.29 is 9.53 Å². The summed E-state index contributed by atoms with van der Waals surface area (Å²) in [5, 5.41) is 0. The summed E-state index contributed by atoms with van der Waals surface area (Å²) in [4.78, 5) is 13.9. The second kappa shape index (κ2) is 14.7. The minimum absolute atomic E-state index is 0.111. The van der Waals surface area contributed by atoms with Gasteiger partial charge in [-0.1, -0.05) is 65.7 Å². The molecule has 0 bridgehead atoms. The van der Waals surface area contributed by atoms with Crippen LogP contribution >= 0.6 is 0 Å². The van der Waals surface area contributed by atoms with E-state index in [0.717, 1.165) is 45.2 Å². The first kappa shape index (κ1) is 19.3. The standard InChI is InChI=1S/C17H35NO2/c1-4-7-10-11-12-13-16-20-17(19)18(14-8-5-2)15-9-6-3/h4-16H2,1-3H3. The Morgan fingerprint density at radius 3 is 1.80 bits per heavy atom. The van der Waals surface area contributed by atoms with Crippen molar-refractivity contribution in [3.05, 3.63) is 0 Å². The lowest BCUT2D eigenvalue weighted by Gasteiger charge is -2.21. The summed E-state index contributed by atoms with van der Waals surface area (Å²) in [5.41, 5.74) is 0. The average Bonchev–Trinajstić information content (AvgIpc) is 2.46. The molecule has 0 aliphatic carbocycles. The first-order chi connectivity index (χ1) is 9.76. The third kappa shape index (κ3) is 11.1. The molecule has 0 atom stereocenters. The first-order valence-corrected chi connectivity index (χ1v) is 8.67. The second-order valence-electron chi connectivity index (χ2n) is 5.58. The number of carbonyl (C=O) groups excluding carboxylic acids is 1. The summed E-state index contributed by atoms with van der Waals surface area (Å²) in [6, 6.07) is 0. The van der Waals surface area contributed by atoms with Gasteiger partial charge < -0.3 is 9.64 Å². The molecule has 0 fully saturated rings. The number of ether oxygens (including phenoxy) is 1. The van der Waals surface area contributed by atoms with E-state index in [1.54, 1.807) is 0 Å². The summed E-state index contributed by atoms with van der Waals surface area (Å²) in [5.74, 6) is 0. The first-order valence-electron chi connectivity index (χ1n) is 8.67. The molecule has 0 saturated carbocycles. The van der Waals surface area contributed by atoms with Gasteiger partial charge in [-0.3, -0.25) is 0 Å². The van der Waals surface area contributed by atoms with Crippen LogP contribution in [0.2, 0.25) is 0 Å². The van der Waals surface area contributed by atoms with Crippen LogP contribution in [0.5, 0.6) is 0 Å². The molecular formula is C17H35NO2. The number of carbonyl (C=O) groups is 1. The molecule has 1 amide bonds. The number of hydrogen-bond acceptors (Lipinski definition) is 2. The van der Waals surface area contributed by atoms with E-state index in [2.05, 4.69) is 20.8 Å². The lowest BCUT2D eigenvalue weighted by atomic mass is 10.1. The Morgan fingerprint density at radius 1 is 0.750 bits per heavy atom. The van der Waals surface area contributed by atoms with Gasteiger partial charge >= 0.3 is 6.09 Å². The number of nitrogens with zero attached hydrogens (tertiary/aromatic N) is 1. The van der Waals surface area contributed by atoms with Gasteiger partial charge in [0.1, 0.15) is 0 Å². The Balaban J connectivity index is 3.71. The van der Waals surface area contributed by atoms with E-state index in [1.165, 1.54) is 32.1 Å². The Labute approximate surface area is 126 Å². The van der Waals surface area contributed by atoms with Crippen molar-refractivity contribution in [2.45, 2.75) is 85.0 Å². The SMILES string of the molecule is CCCCCCCCOC(=O)N(CCCC)CCCC. The van der Waals surface area contributed by atoms with E-state index in [-0.39, 0.29) is 6.09 Å². The van der Waals surface area contributed by atoms with Crippen molar-refractivity contribution in [3.63, 3.8) is 0 Å². The Bertz CT molecular complexity index is 211. The maximum Gasteiger partial charge on any atom is 0.409 e. The number of unbranched alkanes of at least 4 members (excludes halogenated alkanes) is 7. The highest BCUT2D eigenvalue weighted by molar-refractivity contribution is 5.67. The highest BCUT2D eigenvalue weighted by Gasteiger charge is 2.13. The van der Waals surface area contributed by atoms with Crippen LogP contribution in [-0.2, 0) is 4.74 Å². The summed E-state index contributed by atoms with van der Waals surface area (Å²) < 4.78 is 5.39. The molecule has 0 spiro atoms. The van der Waals surface area contributed by atoms with Crippen molar-refractivity contribution >= 4 is 6.09 Å². The fourth-order valence-electron chi connectivity index (χ4n) is 2.13. The summed E-state index contributed by atoms with van der Waals surface area (Å²) in [6.07, 6.45) is 11.6. The lowest BCUT2D eigenvalue weighted by molar-refractivity contribution is 0.0994. The van der Waals surface area contributed by atoms with Crippen LogP contribution in [0.15, 0.2) is 0 Å². The van der Waals surface area contributed by atoms with E-state index in [0.29, 0.717) is 6.61 Å². The predicted octanol–water partition coefficient (Wildman–Crippen LogP) is 5.39. The average molecular weight is 285 g/mol. The molecule has 0 rings (SSSR count). The molecule has 0 heterocycles. The largest absolute Gasteiger partial charge is 0.449 e. The molecule has 0 aromatic rings. The van der Waals surface area contributed by atoms with Crippen molar-refractivity contribution in [2.24, 2.45) is 0 Å². The molecule has 0 aromatic heterocycles. The van der Waals surface area contributed by atoms with Crippen LogP contribution in [-0.4, -0.2) is 30.7 Å². The van der Waals surface area contributed by atoms with Crippen LogP contribution in [0.1, 0.15) is 85.0 Å². The van der Waals surface area contributed by atoms with Crippen molar-refractivity contribution in [3.8, 4) is 0 Å². The third-order valence-electron chi connectivity index (χ3n) is 3.54. The topological polar surface area (TPSA) is 29.5 Å². The molecule has 20 heavy (non-hydrogen) atoms. The zero-order valence-corrected chi connectivity index (χ0v) is 14.0. The molecule has 0 saturated heterocycles. The van der Waals surface area contributed by atoms with Gasteiger partial charge in [0.25, 0.3) is 0 Å². The van der Waals surface area contributed by atoms with Gasteiger partial charge in [-0.15, -0.1) is 0 Å². The Kier molecular flexibility index (Phi) is 14.1. The minimum Gasteiger partial charge on any atom is -0.449 e. The van der Waals surface area contributed by atoms with Gasteiger partial charge in [0.2, 0.25) is 0 Å². The van der Waals surface area contributed by atoms with Gasteiger partial charge in [0.15, 0.2) is 0 Å². The second-order valence-corrected chi connectivity index (χ2v) is 5.58. The van der Waals surface area contributed by atoms with Crippen LogP contribution in [0, 0.1) is 0 Å². The van der Waals surface area contributed by atoms with Crippen LogP contribution in [0.3, 0.4) is 0 Å². The van der Waals surface area contributed by atoms with Gasteiger partial charge in [-0.25, -0.2) is 4.79 Å². The monoisotopic (exact) mass is 285 g/mol. The van der Waals surface area contributed by atoms with Crippen molar-refractivity contribution in [2.75, 3.05) is 19.7 Å². The molecule has 0 radical (unpaired) electrons. The van der Waals surface area contributed by atoms with E-state index in [9.17, 15) is 4.79 Å². The molecule has 0 aliphatic heterocycles. The van der Waals surface area contributed by atoms with Gasteiger partial charge in [0, 0.05) is 13.1 Å². The van der Waals surface area contributed by atoms with Crippen LogP contribution < -0.4 is 0 Å². The molecule has 0 unspecified atom stereocenters. The predicted molar refractivity (Wildman–Crippen MR) is 86.1 cm³/mol. The Hall–Kier alpha value is -0.730. The zero-order chi connectivity index (χ0) is 15.1. The molecule has 0 N–H and O–H groups in total. The van der Waals surface area contributed by atoms with Crippen LogP contribution in [0.25, 0.3) is 0 Å². The highest BCUT2D eigenvalue weighted by atomic mass is 16.6.